The lowest BCUT2D eigenvalue weighted by Gasteiger charge is -2.08. The van der Waals surface area contributed by atoms with Crippen LogP contribution < -0.4 is 10.1 Å². The molecule has 134 valence electrons. The zero-order valence-electron chi connectivity index (χ0n) is 13.9. The van der Waals surface area contributed by atoms with E-state index in [1.54, 1.807) is 24.4 Å². The predicted molar refractivity (Wildman–Crippen MR) is 102 cm³/mol. The number of nitrogens with zero attached hydrogens (tertiary/aromatic N) is 2. The van der Waals surface area contributed by atoms with E-state index >= 15 is 0 Å². The fraction of sp³-hybridized carbons (Fsp3) is 0.158. The number of halogens is 2. The van der Waals surface area contributed by atoms with Crippen LogP contribution in [0, 0.1) is 0 Å². The normalized spacial score (nSPS) is 10.5. The molecular formula is C19H17Cl2N3O2. The number of nitrogens with one attached hydrogen (secondary N) is 1. The summed E-state index contributed by atoms with van der Waals surface area (Å²) >= 11 is 11.7. The minimum absolute atomic E-state index is 0.0821. The highest BCUT2D eigenvalue weighted by atomic mass is 35.5. The molecule has 1 amide bonds. The van der Waals surface area contributed by atoms with Crippen molar-refractivity contribution in [3.8, 4) is 11.4 Å². The van der Waals surface area contributed by atoms with Gasteiger partial charge in [0, 0.05) is 18.8 Å². The Balaban J connectivity index is 1.42. The maximum atomic E-state index is 11.9. The maximum Gasteiger partial charge on any atom is 0.257 e. The van der Waals surface area contributed by atoms with Gasteiger partial charge in [-0.15, -0.1) is 0 Å². The quantitative estimate of drug-likeness (QED) is 0.666. The highest BCUT2D eigenvalue weighted by molar-refractivity contribution is 6.42. The Morgan fingerprint density at radius 1 is 1.12 bits per heavy atom. The van der Waals surface area contributed by atoms with Crippen molar-refractivity contribution in [1.29, 1.82) is 0 Å². The topological polar surface area (TPSA) is 56.1 Å². The third-order valence-electron chi connectivity index (χ3n) is 3.65. The van der Waals surface area contributed by atoms with Gasteiger partial charge in [-0.25, -0.2) is 4.68 Å². The molecule has 0 aliphatic rings. The molecule has 0 fully saturated rings. The summed E-state index contributed by atoms with van der Waals surface area (Å²) in [5.41, 5.74) is 2.04. The zero-order valence-corrected chi connectivity index (χ0v) is 15.4. The number of rotatable bonds is 7. The summed E-state index contributed by atoms with van der Waals surface area (Å²) in [5.74, 6) is 0.296. The van der Waals surface area contributed by atoms with Crippen molar-refractivity contribution in [3.63, 3.8) is 0 Å². The van der Waals surface area contributed by atoms with Gasteiger partial charge in [0.25, 0.3) is 5.91 Å². The first kappa shape index (κ1) is 18.3. The minimum atomic E-state index is -0.202. The van der Waals surface area contributed by atoms with Crippen molar-refractivity contribution in [2.45, 2.75) is 6.42 Å². The minimum Gasteiger partial charge on any atom is -0.484 e. The van der Waals surface area contributed by atoms with E-state index < -0.39 is 0 Å². The molecule has 0 aliphatic heterocycles. The van der Waals surface area contributed by atoms with Gasteiger partial charge in [0.15, 0.2) is 6.61 Å². The molecule has 0 spiro atoms. The Morgan fingerprint density at radius 2 is 1.92 bits per heavy atom. The van der Waals surface area contributed by atoms with E-state index in [-0.39, 0.29) is 12.5 Å². The van der Waals surface area contributed by atoms with Gasteiger partial charge in [0.2, 0.25) is 0 Å². The smallest absolute Gasteiger partial charge is 0.257 e. The maximum absolute atomic E-state index is 11.9. The monoisotopic (exact) mass is 389 g/mol. The summed E-state index contributed by atoms with van der Waals surface area (Å²) in [4.78, 5) is 11.9. The van der Waals surface area contributed by atoms with Gasteiger partial charge in [-0.05, 0) is 36.2 Å². The summed E-state index contributed by atoms with van der Waals surface area (Å²) in [6.07, 6.45) is 4.43. The van der Waals surface area contributed by atoms with E-state index in [0.717, 1.165) is 11.3 Å². The fourth-order valence-electron chi connectivity index (χ4n) is 2.32. The second kappa shape index (κ2) is 8.74. The van der Waals surface area contributed by atoms with E-state index in [1.807, 2.05) is 41.2 Å². The van der Waals surface area contributed by atoms with Crippen LogP contribution in [0.1, 0.15) is 5.56 Å². The number of ether oxygens (including phenoxy) is 1. The molecule has 5 nitrogen and oxygen atoms in total. The van der Waals surface area contributed by atoms with Crippen LogP contribution in [0.25, 0.3) is 5.69 Å². The van der Waals surface area contributed by atoms with Gasteiger partial charge in [-0.3, -0.25) is 4.79 Å². The Bertz CT molecular complexity index is 882. The number of hydrogen-bond acceptors (Lipinski definition) is 3. The van der Waals surface area contributed by atoms with Gasteiger partial charge >= 0.3 is 0 Å². The highest BCUT2D eigenvalue weighted by Crippen LogP contribution is 2.26. The Hall–Kier alpha value is -2.50. The van der Waals surface area contributed by atoms with E-state index in [4.69, 9.17) is 27.9 Å². The standard InChI is InChI=1S/C19H17Cl2N3O2/c20-17-7-6-16(10-18(17)21)26-13-19(25)22-9-8-14-11-23-24(12-14)15-4-2-1-3-5-15/h1-7,10-12H,8-9,13H2,(H,22,25). The second-order valence-corrected chi connectivity index (χ2v) is 6.41. The first-order valence-electron chi connectivity index (χ1n) is 8.05. The van der Waals surface area contributed by atoms with Crippen LogP contribution in [0.15, 0.2) is 60.9 Å². The van der Waals surface area contributed by atoms with Crippen molar-refractivity contribution in [3.05, 3.63) is 76.5 Å². The lowest BCUT2D eigenvalue weighted by Crippen LogP contribution is -2.30. The summed E-state index contributed by atoms with van der Waals surface area (Å²) in [7, 11) is 0. The molecule has 7 heteroatoms. The molecule has 0 saturated carbocycles. The summed E-state index contributed by atoms with van der Waals surface area (Å²) < 4.78 is 7.21. The van der Waals surface area contributed by atoms with E-state index in [2.05, 4.69) is 10.4 Å². The third kappa shape index (κ3) is 5.00. The number of carbonyl (C=O) groups is 1. The number of amides is 1. The van der Waals surface area contributed by atoms with Crippen molar-refractivity contribution in [2.75, 3.05) is 13.2 Å². The first-order valence-corrected chi connectivity index (χ1v) is 8.81. The van der Waals surface area contributed by atoms with Gasteiger partial charge in [-0.2, -0.15) is 5.10 Å². The molecule has 0 bridgehead atoms. The van der Waals surface area contributed by atoms with Gasteiger partial charge < -0.3 is 10.1 Å². The van der Waals surface area contributed by atoms with Crippen molar-refractivity contribution in [2.24, 2.45) is 0 Å². The molecule has 0 saturated heterocycles. The Morgan fingerprint density at radius 3 is 2.69 bits per heavy atom. The SMILES string of the molecule is O=C(COc1ccc(Cl)c(Cl)c1)NCCc1cnn(-c2ccccc2)c1. The van der Waals surface area contributed by atoms with Crippen LogP contribution in [0.3, 0.4) is 0 Å². The lowest BCUT2D eigenvalue weighted by atomic mass is 10.2. The molecule has 2 aromatic carbocycles. The molecule has 0 radical (unpaired) electrons. The fourth-order valence-corrected chi connectivity index (χ4v) is 2.61. The summed E-state index contributed by atoms with van der Waals surface area (Å²) in [6.45, 7) is 0.422. The predicted octanol–water partition coefficient (Wildman–Crippen LogP) is 3.92. The van der Waals surface area contributed by atoms with Crippen LogP contribution in [0.4, 0.5) is 0 Å². The average molecular weight is 390 g/mol. The van der Waals surface area contributed by atoms with Crippen LogP contribution in [0.5, 0.6) is 5.75 Å². The molecule has 26 heavy (non-hydrogen) atoms. The molecule has 1 aromatic heterocycles. The van der Waals surface area contributed by atoms with Crippen LogP contribution in [-0.4, -0.2) is 28.8 Å². The van der Waals surface area contributed by atoms with Gasteiger partial charge in [-0.1, -0.05) is 41.4 Å². The summed E-state index contributed by atoms with van der Waals surface area (Å²) in [5, 5.41) is 7.98. The summed E-state index contributed by atoms with van der Waals surface area (Å²) in [6, 6.07) is 14.7. The third-order valence-corrected chi connectivity index (χ3v) is 4.39. The van der Waals surface area contributed by atoms with Crippen molar-refractivity contribution in [1.82, 2.24) is 15.1 Å². The highest BCUT2D eigenvalue weighted by Gasteiger charge is 2.06. The first-order chi connectivity index (χ1) is 12.6. The van der Waals surface area contributed by atoms with Gasteiger partial charge in [0.1, 0.15) is 5.75 Å². The van der Waals surface area contributed by atoms with Gasteiger partial charge in [0.05, 0.1) is 21.9 Å². The van der Waals surface area contributed by atoms with Crippen LogP contribution >= 0.6 is 23.2 Å². The van der Waals surface area contributed by atoms with Crippen molar-refractivity contribution < 1.29 is 9.53 Å². The number of hydrogen-bond donors (Lipinski definition) is 1. The average Bonchev–Trinajstić information content (AvgIpc) is 3.12. The number of carbonyl (C=O) groups excluding carboxylic acids is 1. The number of benzene rings is 2. The molecule has 0 unspecified atom stereocenters. The van der Waals surface area contributed by atoms with Crippen LogP contribution in [0.2, 0.25) is 10.0 Å². The molecule has 1 heterocycles. The molecule has 3 rings (SSSR count). The number of para-hydroxylation sites is 1. The van der Waals surface area contributed by atoms with E-state index in [9.17, 15) is 4.79 Å². The Kier molecular flexibility index (Phi) is 6.15. The second-order valence-electron chi connectivity index (χ2n) is 5.59. The van der Waals surface area contributed by atoms with E-state index in [0.29, 0.717) is 28.8 Å². The van der Waals surface area contributed by atoms with E-state index in [1.165, 1.54) is 0 Å². The van der Waals surface area contributed by atoms with Crippen molar-refractivity contribution >= 4 is 29.1 Å². The zero-order chi connectivity index (χ0) is 18.4. The lowest BCUT2D eigenvalue weighted by molar-refractivity contribution is -0.123. The molecule has 1 N–H and O–H groups in total. The molecule has 0 atom stereocenters. The Labute approximate surface area is 161 Å². The molecular weight excluding hydrogens is 373 g/mol. The molecule has 0 aliphatic carbocycles. The van der Waals surface area contributed by atoms with Crippen LogP contribution in [-0.2, 0) is 11.2 Å². The largest absolute Gasteiger partial charge is 0.484 e. The number of aromatic nitrogens is 2. The molecule has 3 aromatic rings.